The minimum atomic E-state index is 0. The minimum absolute atomic E-state index is 0. The molecule has 1 heterocycles. The van der Waals surface area contributed by atoms with Crippen molar-refractivity contribution >= 4 is 41.5 Å². The summed E-state index contributed by atoms with van der Waals surface area (Å²) in [6.07, 6.45) is 4.09. The first-order valence-corrected chi connectivity index (χ1v) is 9.52. The van der Waals surface area contributed by atoms with Gasteiger partial charge in [0.25, 0.3) is 0 Å². The maximum Gasteiger partial charge on any atom is 0.193 e. The van der Waals surface area contributed by atoms with Crippen molar-refractivity contribution in [3.8, 4) is 0 Å². The van der Waals surface area contributed by atoms with E-state index < -0.39 is 0 Å². The van der Waals surface area contributed by atoms with Crippen molar-refractivity contribution in [2.45, 2.75) is 38.8 Å². The summed E-state index contributed by atoms with van der Waals surface area (Å²) in [5.74, 6) is 1.68. The fraction of sp³-hybridized carbons (Fsp3) is 0.632. The molecule has 0 aromatic heterocycles. The summed E-state index contributed by atoms with van der Waals surface area (Å²) in [4.78, 5) is 9.72. The van der Waals surface area contributed by atoms with Crippen molar-refractivity contribution in [3.05, 3.63) is 34.9 Å². The molecule has 3 rings (SSSR count). The Balaban J connectivity index is 0.00000225. The minimum Gasteiger partial charge on any atom is -0.357 e. The van der Waals surface area contributed by atoms with Gasteiger partial charge in [0.2, 0.25) is 0 Å². The first kappa shape index (κ1) is 20.8. The Hall–Kier alpha value is -0.530. The Morgan fingerprint density at radius 3 is 2.76 bits per heavy atom. The average Bonchev–Trinajstić information content (AvgIpc) is 3.32. The second-order valence-corrected chi connectivity index (χ2v) is 7.43. The van der Waals surface area contributed by atoms with Crippen LogP contribution < -0.4 is 5.32 Å². The van der Waals surface area contributed by atoms with Gasteiger partial charge >= 0.3 is 0 Å². The Labute approximate surface area is 174 Å². The summed E-state index contributed by atoms with van der Waals surface area (Å²) in [6, 6.07) is 8.91. The van der Waals surface area contributed by atoms with E-state index in [2.05, 4.69) is 35.2 Å². The van der Waals surface area contributed by atoms with Crippen LogP contribution in [0.3, 0.4) is 0 Å². The van der Waals surface area contributed by atoms with Crippen LogP contribution in [-0.2, 0) is 6.54 Å². The van der Waals surface area contributed by atoms with Gasteiger partial charge in [-0.15, -0.1) is 24.0 Å². The molecule has 1 saturated heterocycles. The molecule has 2 fully saturated rings. The number of benzene rings is 1. The second-order valence-electron chi connectivity index (χ2n) is 7.02. The number of hydrogen-bond donors (Lipinski definition) is 1. The first-order chi connectivity index (χ1) is 11.7. The number of aliphatic imine (C=N–C) groups is 1. The third-order valence-electron chi connectivity index (χ3n) is 4.94. The van der Waals surface area contributed by atoms with Gasteiger partial charge in [-0.1, -0.05) is 29.8 Å². The third-order valence-corrected chi connectivity index (χ3v) is 5.31. The smallest absolute Gasteiger partial charge is 0.193 e. The van der Waals surface area contributed by atoms with Crippen LogP contribution in [0.15, 0.2) is 29.3 Å². The average molecular weight is 477 g/mol. The maximum atomic E-state index is 6.29. The monoisotopic (exact) mass is 476 g/mol. The van der Waals surface area contributed by atoms with Gasteiger partial charge < -0.3 is 15.1 Å². The highest BCUT2D eigenvalue weighted by molar-refractivity contribution is 14.0. The largest absolute Gasteiger partial charge is 0.357 e. The molecule has 1 unspecified atom stereocenters. The van der Waals surface area contributed by atoms with Crippen molar-refractivity contribution in [2.24, 2.45) is 10.9 Å². The molecule has 25 heavy (non-hydrogen) atoms. The molecular formula is C19H30ClIN4. The molecule has 1 atom stereocenters. The van der Waals surface area contributed by atoms with Crippen LogP contribution in [0.2, 0.25) is 5.02 Å². The first-order valence-electron chi connectivity index (χ1n) is 9.14. The van der Waals surface area contributed by atoms with Gasteiger partial charge in [-0.25, -0.2) is 0 Å². The molecule has 1 N–H and O–H groups in total. The number of hydrogen-bond acceptors (Lipinski definition) is 2. The van der Waals surface area contributed by atoms with E-state index in [-0.39, 0.29) is 24.0 Å². The predicted octanol–water partition coefficient (Wildman–Crippen LogP) is 3.84. The highest BCUT2D eigenvalue weighted by atomic mass is 127. The Morgan fingerprint density at radius 2 is 2.08 bits per heavy atom. The van der Waals surface area contributed by atoms with Crippen molar-refractivity contribution in [1.29, 1.82) is 0 Å². The number of likely N-dealkylation sites (tertiary alicyclic amines) is 1. The summed E-state index contributed by atoms with van der Waals surface area (Å²) in [5, 5.41) is 4.23. The molecule has 0 spiro atoms. The van der Waals surface area contributed by atoms with Crippen LogP contribution in [0.1, 0.15) is 31.7 Å². The summed E-state index contributed by atoms with van der Waals surface area (Å²) in [5.41, 5.74) is 1.13. The molecule has 2 aliphatic rings. The lowest BCUT2D eigenvalue weighted by Crippen LogP contribution is -2.39. The molecule has 1 aromatic rings. The fourth-order valence-electron chi connectivity index (χ4n) is 3.43. The second kappa shape index (κ2) is 9.97. The van der Waals surface area contributed by atoms with Gasteiger partial charge in [0.05, 0.1) is 0 Å². The molecule has 6 heteroatoms. The highest BCUT2D eigenvalue weighted by Crippen LogP contribution is 2.31. The summed E-state index contributed by atoms with van der Waals surface area (Å²) in [7, 11) is 2.08. The van der Waals surface area contributed by atoms with Crippen LogP contribution in [0.4, 0.5) is 0 Å². The third kappa shape index (κ3) is 6.00. The molecule has 4 nitrogen and oxygen atoms in total. The van der Waals surface area contributed by atoms with Crippen molar-refractivity contribution in [3.63, 3.8) is 0 Å². The van der Waals surface area contributed by atoms with Crippen LogP contribution in [0, 0.1) is 5.92 Å². The topological polar surface area (TPSA) is 30.9 Å². The molecule has 0 bridgehead atoms. The lowest BCUT2D eigenvalue weighted by molar-refractivity contribution is 0.315. The Bertz CT molecular complexity index is 576. The van der Waals surface area contributed by atoms with Gasteiger partial charge in [0.15, 0.2) is 5.96 Å². The van der Waals surface area contributed by atoms with Crippen molar-refractivity contribution in [2.75, 3.05) is 33.2 Å². The predicted molar refractivity (Wildman–Crippen MR) is 117 cm³/mol. The van der Waals surface area contributed by atoms with Crippen LogP contribution in [0.5, 0.6) is 0 Å². The van der Waals surface area contributed by atoms with Crippen LogP contribution >= 0.6 is 35.6 Å². The van der Waals surface area contributed by atoms with E-state index in [9.17, 15) is 0 Å². The molecule has 1 aromatic carbocycles. The lowest BCUT2D eigenvalue weighted by atomic mass is 10.1. The summed E-state index contributed by atoms with van der Waals surface area (Å²) >= 11 is 6.29. The number of halogens is 2. The highest BCUT2D eigenvalue weighted by Gasteiger charge is 2.34. The van der Waals surface area contributed by atoms with E-state index in [1.54, 1.807) is 0 Å². The van der Waals surface area contributed by atoms with Gasteiger partial charge in [-0.05, 0) is 50.3 Å². The molecule has 1 aliphatic carbocycles. The van der Waals surface area contributed by atoms with Gasteiger partial charge in [0.1, 0.15) is 0 Å². The van der Waals surface area contributed by atoms with E-state index >= 15 is 0 Å². The van der Waals surface area contributed by atoms with Crippen LogP contribution in [-0.4, -0.2) is 55.0 Å². The molecule has 1 aliphatic heterocycles. The molecular weight excluding hydrogens is 447 g/mol. The SMILES string of the molecule is CCNC(=NCC1CCN(C2CC2)C1)N(C)Cc1ccccc1Cl.I. The lowest BCUT2D eigenvalue weighted by Gasteiger charge is -2.23. The summed E-state index contributed by atoms with van der Waals surface area (Å²) < 4.78 is 0. The van der Waals surface area contributed by atoms with Crippen LogP contribution in [0.25, 0.3) is 0 Å². The Morgan fingerprint density at radius 1 is 1.32 bits per heavy atom. The number of nitrogens with one attached hydrogen (secondary N) is 1. The van der Waals surface area contributed by atoms with E-state index in [0.29, 0.717) is 5.92 Å². The normalized spacial score (nSPS) is 21.1. The number of guanidine groups is 1. The van der Waals surface area contributed by atoms with Gasteiger partial charge in [-0.2, -0.15) is 0 Å². The van der Waals surface area contributed by atoms with Crippen molar-refractivity contribution in [1.82, 2.24) is 15.1 Å². The van der Waals surface area contributed by atoms with Gasteiger partial charge in [-0.3, -0.25) is 4.99 Å². The fourth-order valence-corrected chi connectivity index (χ4v) is 3.62. The van der Waals surface area contributed by atoms with E-state index in [4.69, 9.17) is 16.6 Å². The summed E-state index contributed by atoms with van der Waals surface area (Å²) in [6.45, 7) is 7.16. The quantitative estimate of drug-likeness (QED) is 0.384. The molecule has 1 saturated carbocycles. The molecule has 140 valence electrons. The zero-order chi connectivity index (χ0) is 16.9. The van der Waals surface area contributed by atoms with Crippen molar-refractivity contribution < 1.29 is 0 Å². The van der Waals surface area contributed by atoms with E-state index in [1.165, 1.54) is 32.4 Å². The number of rotatable bonds is 6. The molecule has 0 radical (unpaired) electrons. The standard InChI is InChI=1S/C19H29ClN4.HI/c1-3-21-19(23(2)14-16-6-4-5-7-18(16)20)22-12-15-10-11-24(13-15)17-8-9-17;/h4-7,15,17H,3,8-14H2,1-2H3,(H,21,22);1H. The van der Waals surface area contributed by atoms with E-state index in [0.717, 1.165) is 42.2 Å². The maximum absolute atomic E-state index is 6.29. The number of nitrogens with zero attached hydrogens (tertiary/aromatic N) is 3. The Kier molecular flexibility index (Phi) is 8.29. The molecule has 0 amide bonds. The zero-order valence-electron chi connectivity index (χ0n) is 15.2. The van der Waals surface area contributed by atoms with E-state index in [1.807, 2.05) is 18.2 Å². The zero-order valence-corrected chi connectivity index (χ0v) is 18.3. The van der Waals surface area contributed by atoms with Gasteiger partial charge in [0, 0.05) is 44.3 Å².